The van der Waals surface area contributed by atoms with Gasteiger partial charge in [-0.25, -0.2) is 4.79 Å². The first kappa shape index (κ1) is 14.1. The number of carboxylic acids is 1. The molecule has 104 valence electrons. The van der Waals surface area contributed by atoms with E-state index in [1.54, 1.807) is 0 Å². The predicted molar refractivity (Wildman–Crippen MR) is 78.0 cm³/mol. The number of nitrogens with zero attached hydrogens (tertiary/aromatic N) is 1. The number of aromatic carboxylic acids is 1. The van der Waals surface area contributed by atoms with Gasteiger partial charge in [-0.15, -0.1) is 0 Å². The molecule has 0 fully saturated rings. The van der Waals surface area contributed by atoms with Crippen LogP contribution in [0.3, 0.4) is 0 Å². The zero-order valence-corrected chi connectivity index (χ0v) is 11.4. The first-order valence-corrected chi connectivity index (χ1v) is 6.66. The molecule has 1 N–H and O–H groups in total. The molecule has 1 aromatic heterocycles. The number of benzene rings is 1. The van der Waals surface area contributed by atoms with Gasteiger partial charge >= 0.3 is 5.97 Å². The van der Waals surface area contributed by atoms with E-state index in [0.717, 1.165) is 24.1 Å². The Balaban J connectivity index is 2.57. The highest BCUT2D eigenvalue weighted by Crippen LogP contribution is 2.18. The number of aromatic nitrogens is 1. The van der Waals surface area contributed by atoms with Gasteiger partial charge in [-0.1, -0.05) is 43.7 Å². The van der Waals surface area contributed by atoms with Crippen molar-refractivity contribution in [2.45, 2.75) is 26.3 Å². The van der Waals surface area contributed by atoms with Crippen LogP contribution < -0.4 is 5.43 Å². The van der Waals surface area contributed by atoms with Crippen molar-refractivity contribution in [3.05, 3.63) is 58.4 Å². The Kier molecular flexibility index (Phi) is 4.35. The minimum Gasteiger partial charge on any atom is -0.477 e. The van der Waals surface area contributed by atoms with E-state index in [0.29, 0.717) is 6.54 Å². The smallest absolute Gasteiger partial charge is 0.341 e. The van der Waals surface area contributed by atoms with E-state index in [4.69, 9.17) is 5.11 Å². The maximum atomic E-state index is 11.9. The molecule has 1 heterocycles. The van der Waals surface area contributed by atoms with E-state index < -0.39 is 11.4 Å². The van der Waals surface area contributed by atoms with E-state index in [1.807, 2.05) is 34.9 Å². The van der Waals surface area contributed by atoms with Crippen molar-refractivity contribution < 1.29 is 9.90 Å². The second kappa shape index (κ2) is 6.19. The van der Waals surface area contributed by atoms with Crippen molar-refractivity contribution in [2.75, 3.05) is 0 Å². The molecule has 0 saturated carbocycles. The topological polar surface area (TPSA) is 59.3 Å². The molecular formula is C16H17NO3. The lowest BCUT2D eigenvalue weighted by Crippen LogP contribution is -2.18. The highest BCUT2D eigenvalue weighted by molar-refractivity contribution is 5.87. The molecule has 4 heteroatoms. The van der Waals surface area contributed by atoms with Crippen LogP contribution in [0.4, 0.5) is 0 Å². The van der Waals surface area contributed by atoms with Gasteiger partial charge in [0.25, 0.3) is 0 Å². The largest absolute Gasteiger partial charge is 0.477 e. The Hall–Kier alpha value is -2.36. The number of hydrogen-bond acceptors (Lipinski definition) is 2. The molecule has 0 radical (unpaired) electrons. The van der Waals surface area contributed by atoms with Crippen molar-refractivity contribution >= 4 is 5.97 Å². The Morgan fingerprint density at radius 3 is 2.55 bits per heavy atom. The molecule has 1 aromatic carbocycles. The van der Waals surface area contributed by atoms with Crippen LogP contribution in [0.1, 0.15) is 30.1 Å². The van der Waals surface area contributed by atoms with Crippen LogP contribution >= 0.6 is 0 Å². The molecule has 0 saturated heterocycles. The van der Waals surface area contributed by atoms with Crippen LogP contribution in [0, 0.1) is 0 Å². The average molecular weight is 271 g/mol. The Bertz CT molecular complexity index is 659. The van der Waals surface area contributed by atoms with Crippen LogP contribution in [0.15, 0.2) is 47.4 Å². The fourth-order valence-electron chi connectivity index (χ4n) is 2.11. The Labute approximate surface area is 117 Å². The van der Waals surface area contributed by atoms with Gasteiger partial charge in [-0.3, -0.25) is 4.79 Å². The van der Waals surface area contributed by atoms with E-state index in [9.17, 15) is 9.59 Å². The van der Waals surface area contributed by atoms with E-state index >= 15 is 0 Å². The SMILES string of the molecule is CCCCn1cc(C(=O)O)c(=O)cc1-c1ccccc1. The fourth-order valence-corrected chi connectivity index (χ4v) is 2.11. The van der Waals surface area contributed by atoms with Crippen LogP contribution in [0.2, 0.25) is 0 Å². The summed E-state index contributed by atoms with van der Waals surface area (Å²) in [6.45, 7) is 2.77. The van der Waals surface area contributed by atoms with Gasteiger partial charge in [-0.2, -0.15) is 0 Å². The molecule has 0 aliphatic carbocycles. The summed E-state index contributed by atoms with van der Waals surface area (Å²) in [4.78, 5) is 23.0. The van der Waals surface area contributed by atoms with E-state index in [-0.39, 0.29) is 5.56 Å². The summed E-state index contributed by atoms with van der Waals surface area (Å²) in [7, 11) is 0. The maximum Gasteiger partial charge on any atom is 0.341 e. The third-order valence-corrected chi connectivity index (χ3v) is 3.18. The average Bonchev–Trinajstić information content (AvgIpc) is 2.46. The maximum absolute atomic E-state index is 11.9. The van der Waals surface area contributed by atoms with Gasteiger partial charge in [-0.05, 0) is 12.0 Å². The molecule has 0 unspecified atom stereocenters. The summed E-state index contributed by atoms with van der Waals surface area (Å²) >= 11 is 0. The summed E-state index contributed by atoms with van der Waals surface area (Å²) < 4.78 is 1.85. The first-order valence-electron chi connectivity index (χ1n) is 6.66. The quantitative estimate of drug-likeness (QED) is 0.909. The monoisotopic (exact) mass is 271 g/mol. The predicted octanol–water partition coefficient (Wildman–Crippen LogP) is 3.01. The molecule has 2 rings (SSSR count). The van der Waals surface area contributed by atoms with E-state index in [1.165, 1.54) is 12.3 Å². The summed E-state index contributed by atoms with van der Waals surface area (Å²) in [6, 6.07) is 10.9. The minimum absolute atomic E-state index is 0.180. The van der Waals surface area contributed by atoms with Crippen molar-refractivity contribution in [3.8, 4) is 11.3 Å². The second-order valence-electron chi connectivity index (χ2n) is 4.65. The lowest BCUT2D eigenvalue weighted by molar-refractivity contribution is 0.0694. The van der Waals surface area contributed by atoms with Crippen molar-refractivity contribution in [3.63, 3.8) is 0 Å². The molecule has 0 atom stereocenters. The molecule has 4 nitrogen and oxygen atoms in total. The third-order valence-electron chi connectivity index (χ3n) is 3.18. The van der Waals surface area contributed by atoms with Gasteiger partial charge in [0.1, 0.15) is 5.56 Å². The summed E-state index contributed by atoms with van der Waals surface area (Å²) in [5, 5.41) is 9.06. The molecule has 0 aliphatic heterocycles. The van der Waals surface area contributed by atoms with Crippen molar-refractivity contribution in [2.24, 2.45) is 0 Å². The minimum atomic E-state index is -1.18. The van der Waals surface area contributed by atoms with Gasteiger partial charge in [0.2, 0.25) is 0 Å². The zero-order valence-electron chi connectivity index (χ0n) is 11.4. The summed E-state index contributed by atoms with van der Waals surface area (Å²) in [6.07, 6.45) is 3.38. The number of carboxylic acid groups (broad SMARTS) is 1. The number of carbonyl (C=O) groups is 1. The highest BCUT2D eigenvalue weighted by atomic mass is 16.4. The zero-order chi connectivity index (χ0) is 14.5. The fraction of sp³-hybridized carbons (Fsp3) is 0.250. The summed E-state index contributed by atoms with van der Waals surface area (Å²) in [5.74, 6) is -1.18. The molecule has 0 bridgehead atoms. The molecular weight excluding hydrogens is 254 g/mol. The van der Waals surface area contributed by atoms with Crippen LogP contribution in [0.25, 0.3) is 11.3 Å². The lowest BCUT2D eigenvalue weighted by atomic mass is 10.1. The van der Waals surface area contributed by atoms with Gasteiger partial charge in [0, 0.05) is 18.8 Å². The van der Waals surface area contributed by atoms with Crippen LogP contribution in [-0.4, -0.2) is 15.6 Å². The molecule has 2 aromatic rings. The third kappa shape index (κ3) is 2.96. The Morgan fingerprint density at radius 1 is 1.25 bits per heavy atom. The number of unbranched alkanes of at least 4 members (excludes halogenated alkanes) is 1. The lowest BCUT2D eigenvalue weighted by Gasteiger charge is -2.14. The number of rotatable bonds is 5. The van der Waals surface area contributed by atoms with Crippen molar-refractivity contribution in [1.29, 1.82) is 0 Å². The van der Waals surface area contributed by atoms with Gasteiger partial charge in [0.05, 0.1) is 5.69 Å². The molecule has 20 heavy (non-hydrogen) atoms. The van der Waals surface area contributed by atoms with Gasteiger partial charge < -0.3 is 9.67 Å². The van der Waals surface area contributed by atoms with E-state index in [2.05, 4.69) is 6.92 Å². The normalized spacial score (nSPS) is 10.4. The Morgan fingerprint density at radius 2 is 1.95 bits per heavy atom. The molecule has 0 amide bonds. The molecule has 0 aliphatic rings. The number of hydrogen-bond donors (Lipinski definition) is 1. The van der Waals surface area contributed by atoms with Crippen molar-refractivity contribution in [1.82, 2.24) is 4.57 Å². The van der Waals surface area contributed by atoms with Gasteiger partial charge in [0.15, 0.2) is 5.43 Å². The standard InChI is InChI=1S/C16H17NO3/c1-2-3-9-17-11-13(16(19)20)15(18)10-14(17)12-7-5-4-6-8-12/h4-8,10-11H,2-3,9H2,1H3,(H,19,20). The molecule has 0 spiro atoms. The van der Waals surface area contributed by atoms with Crippen LogP contribution in [0.5, 0.6) is 0 Å². The number of aryl methyl sites for hydroxylation is 1. The number of pyridine rings is 1. The van der Waals surface area contributed by atoms with Crippen LogP contribution in [-0.2, 0) is 6.54 Å². The summed E-state index contributed by atoms with van der Waals surface area (Å²) in [5.41, 5.74) is 1.04. The second-order valence-corrected chi connectivity index (χ2v) is 4.65. The first-order chi connectivity index (χ1) is 9.63. The highest BCUT2D eigenvalue weighted by Gasteiger charge is 2.13.